The number of nitrogens with one attached hydrogen (secondary N) is 1. The van der Waals surface area contributed by atoms with Crippen molar-refractivity contribution < 1.29 is 9.90 Å². The molecular weight excluding hydrogens is 266 g/mol. The van der Waals surface area contributed by atoms with Gasteiger partial charge >= 0.3 is 0 Å². The lowest BCUT2D eigenvalue weighted by molar-refractivity contribution is -0.130. The van der Waals surface area contributed by atoms with Crippen LogP contribution in [0.25, 0.3) is 0 Å². The van der Waals surface area contributed by atoms with Crippen LogP contribution in [0.3, 0.4) is 0 Å². The van der Waals surface area contributed by atoms with Gasteiger partial charge in [-0.3, -0.25) is 4.79 Å². The molecule has 112 valence electrons. The number of carbonyl (C=O) groups excluding carboxylic acids is 1. The van der Waals surface area contributed by atoms with Gasteiger partial charge in [-0.25, -0.2) is 4.98 Å². The van der Waals surface area contributed by atoms with Crippen LogP contribution in [0.2, 0.25) is 0 Å². The Labute approximate surface area is 124 Å². The smallest absolute Gasteiger partial charge is 0.254 e. The first kappa shape index (κ1) is 15.3. The van der Waals surface area contributed by atoms with Gasteiger partial charge in [0.25, 0.3) is 5.91 Å². The summed E-state index contributed by atoms with van der Waals surface area (Å²) < 4.78 is 1.87. The summed E-state index contributed by atoms with van der Waals surface area (Å²) in [6.07, 6.45) is 2.36. The first-order chi connectivity index (χ1) is 10.0. The van der Waals surface area contributed by atoms with Crippen molar-refractivity contribution >= 4 is 5.91 Å². The Morgan fingerprint density at radius 3 is 2.48 bits per heavy atom. The molecule has 0 saturated carbocycles. The van der Waals surface area contributed by atoms with E-state index >= 15 is 0 Å². The second-order valence-electron chi connectivity index (χ2n) is 5.44. The number of aliphatic hydroxyl groups is 1. The van der Waals surface area contributed by atoms with Gasteiger partial charge in [0.05, 0.1) is 6.04 Å². The maximum atomic E-state index is 12.3. The van der Waals surface area contributed by atoms with Crippen molar-refractivity contribution in [3.8, 4) is 0 Å². The third kappa shape index (κ3) is 3.49. The Kier molecular flexibility index (Phi) is 4.75. The Morgan fingerprint density at radius 1 is 1.29 bits per heavy atom. The first-order valence-corrected chi connectivity index (χ1v) is 7.01. The molecular formula is C16H21N3O2. The number of rotatable bonds is 5. The first-order valence-electron chi connectivity index (χ1n) is 7.01. The summed E-state index contributed by atoms with van der Waals surface area (Å²) >= 11 is 0. The summed E-state index contributed by atoms with van der Waals surface area (Å²) in [5.74, 6) is 0.527. The molecule has 1 heterocycles. The van der Waals surface area contributed by atoms with Gasteiger partial charge in [0, 0.05) is 19.4 Å². The highest BCUT2D eigenvalue weighted by Crippen LogP contribution is 2.21. The van der Waals surface area contributed by atoms with Crippen LogP contribution in [0.4, 0.5) is 0 Å². The fraction of sp³-hybridized carbons (Fsp3) is 0.375. The monoisotopic (exact) mass is 287 g/mol. The van der Waals surface area contributed by atoms with Crippen molar-refractivity contribution in [1.82, 2.24) is 14.9 Å². The molecule has 0 spiro atoms. The molecule has 5 nitrogen and oxygen atoms in total. The Balaban J connectivity index is 2.14. The van der Waals surface area contributed by atoms with Gasteiger partial charge in [-0.2, -0.15) is 0 Å². The molecule has 0 aliphatic heterocycles. The molecule has 0 fully saturated rings. The molecule has 2 aromatic rings. The number of amides is 1. The van der Waals surface area contributed by atoms with E-state index in [1.807, 2.05) is 37.7 Å². The van der Waals surface area contributed by atoms with E-state index in [9.17, 15) is 9.90 Å². The van der Waals surface area contributed by atoms with Gasteiger partial charge in [0.2, 0.25) is 0 Å². The van der Waals surface area contributed by atoms with Gasteiger partial charge in [-0.15, -0.1) is 0 Å². The lowest BCUT2D eigenvalue weighted by Gasteiger charge is -2.23. The van der Waals surface area contributed by atoms with Gasteiger partial charge in [-0.05, 0) is 11.5 Å². The van der Waals surface area contributed by atoms with Crippen LogP contribution in [0, 0.1) is 5.92 Å². The molecule has 0 aliphatic rings. The maximum absolute atomic E-state index is 12.3. The summed E-state index contributed by atoms with van der Waals surface area (Å²) in [6.45, 7) is 4.02. The summed E-state index contributed by atoms with van der Waals surface area (Å²) in [7, 11) is 1.89. The number of imidazole rings is 1. The van der Waals surface area contributed by atoms with Crippen LogP contribution in [0.5, 0.6) is 0 Å². The van der Waals surface area contributed by atoms with Gasteiger partial charge in [0.1, 0.15) is 5.82 Å². The summed E-state index contributed by atoms with van der Waals surface area (Å²) in [4.78, 5) is 16.6. The zero-order valence-corrected chi connectivity index (χ0v) is 12.5. The molecule has 1 amide bonds. The van der Waals surface area contributed by atoms with Crippen molar-refractivity contribution in [2.24, 2.45) is 13.0 Å². The minimum Gasteiger partial charge on any atom is -0.378 e. The summed E-state index contributed by atoms with van der Waals surface area (Å²) in [6, 6.07) is 8.66. The van der Waals surface area contributed by atoms with Crippen LogP contribution >= 0.6 is 0 Å². The standard InChI is InChI=1S/C16H21N3O2/c1-11(2)13(15-17-9-10-19(15)3)18-16(21)14(20)12-7-5-4-6-8-12/h4-11,13-14,20H,1-3H3,(H,18,21)/t13-,14-/m0/s1. The average molecular weight is 287 g/mol. The lowest BCUT2D eigenvalue weighted by Crippen LogP contribution is -2.36. The molecule has 0 radical (unpaired) electrons. The highest BCUT2D eigenvalue weighted by Gasteiger charge is 2.25. The molecule has 0 aliphatic carbocycles. The van der Waals surface area contributed by atoms with E-state index in [0.29, 0.717) is 5.56 Å². The van der Waals surface area contributed by atoms with E-state index < -0.39 is 12.0 Å². The molecule has 2 N–H and O–H groups in total. The molecule has 0 saturated heterocycles. The second kappa shape index (κ2) is 6.54. The minimum atomic E-state index is -1.17. The van der Waals surface area contributed by atoms with Crippen molar-refractivity contribution in [1.29, 1.82) is 0 Å². The van der Waals surface area contributed by atoms with Gasteiger partial charge in [-0.1, -0.05) is 44.2 Å². The highest BCUT2D eigenvalue weighted by molar-refractivity contribution is 5.82. The molecule has 2 rings (SSSR count). The van der Waals surface area contributed by atoms with Crippen LogP contribution in [0.1, 0.15) is 37.4 Å². The Hall–Kier alpha value is -2.14. The predicted molar refractivity (Wildman–Crippen MR) is 80.3 cm³/mol. The molecule has 2 atom stereocenters. The fourth-order valence-corrected chi connectivity index (χ4v) is 2.23. The molecule has 5 heteroatoms. The molecule has 1 aromatic heterocycles. The fourth-order valence-electron chi connectivity index (χ4n) is 2.23. The quantitative estimate of drug-likeness (QED) is 0.883. The van der Waals surface area contributed by atoms with Crippen LogP contribution in [-0.2, 0) is 11.8 Å². The number of aliphatic hydroxyl groups excluding tert-OH is 1. The van der Waals surface area contributed by atoms with Crippen molar-refractivity contribution in [3.63, 3.8) is 0 Å². The normalized spacial score (nSPS) is 14.0. The number of benzene rings is 1. The van der Waals surface area contributed by atoms with Crippen molar-refractivity contribution in [2.75, 3.05) is 0 Å². The Bertz CT molecular complexity index is 593. The third-order valence-corrected chi connectivity index (χ3v) is 3.46. The number of aromatic nitrogens is 2. The van der Waals surface area contributed by atoms with Crippen LogP contribution < -0.4 is 5.32 Å². The number of nitrogens with zero attached hydrogens (tertiary/aromatic N) is 2. The number of hydrogen-bond acceptors (Lipinski definition) is 3. The topological polar surface area (TPSA) is 67.2 Å². The number of carbonyl (C=O) groups is 1. The van der Waals surface area contributed by atoms with E-state index in [2.05, 4.69) is 10.3 Å². The highest BCUT2D eigenvalue weighted by atomic mass is 16.3. The van der Waals surface area contributed by atoms with E-state index in [1.165, 1.54) is 0 Å². The van der Waals surface area contributed by atoms with Gasteiger partial charge in [0.15, 0.2) is 6.10 Å². The molecule has 0 unspecified atom stereocenters. The van der Waals surface area contributed by atoms with E-state index in [4.69, 9.17) is 0 Å². The summed E-state index contributed by atoms with van der Waals surface area (Å²) in [5, 5.41) is 13.0. The predicted octanol–water partition coefficient (Wildman–Crippen LogP) is 1.97. The summed E-state index contributed by atoms with van der Waals surface area (Å²) in [5.41, 5.74) is 0.581. The zero-order chi connectivity index (χ0) is 15.4. The van der Waals surface area contributed by atoms with Gasteiger partial charge < -0.3 is 15.0 Å². The van der Waals surface area contributed by atoms with E-state index in [0.717, 1.165) is 5.82 Å². The third-order valence-electron chi connectivity index (χ3n) is 3.46. The van der Waals surface area contributed by atoms with Crippen LogP contribution in [-0.4, -0.2) is 20.6 Å². The van der Waals surface area contributed by atoms with Crippen LogP contribution in [0.15, 0.2) is 42.7 Å². The van der Waals surface area contributed by atoms with E-state index in [1.54, 1.807) is 30.5 Å². The lowest BCUT2D eigenvalue weighted by atomic mass is 10.0. The van der Waals surface area contributed by atoms with Crippen molar-refractivity contribution in [2.45, 2.75) is 26.0 Å². The molecule has 0 bridgehead atoms. The number of hydrogen-bond donors (Lipinski definition) is 2. The average Bonchev–Trinajstić information content (AvgIpc) is 2.90. The molecule has 1 aromatic carbocycles. The Morgan fingerprint density at radius 2 is 1.95 bits per heavy atom. The zero-order valence-electron chi connectivity index (χ0n) is 12.5. The molecule has 21 heavy (non-hydrogen) atoms. The second-order valence-corrected chi connectivity index (χ2v) is 5.44. The maximum Gasteiger partial charge on any atom is 0.254 e. The minimum absolute atomic E-state index is 0.165. The number of aryl methyl sites for hydroxylation is 1. The largest absolute Gasteiger partial charge is 0.378 e. The SMILES string of the molecule is CC(C)[C@H](NC(=O)[C@@H](O)c1ccccc1)c1nccn1C. The van der Waals surface area contributed by atoms with Crippen molar-refractivity contribution in [3.05, 3.63) is 54.1 Å². The van der Waals surface area contributed by atoms with E-state index in [-0.39, 0.29) is 12.0 Å².